The maximum absolute atomic E-state index is 12.1. The number of carbonyl (C=O) groups excluding carboxylic acids is 1. The fourth-order valence-electron chi connectivity index (χ4n) is 2.01. The van der Waals surface area contributed by atoms with Crippen LogP contribution in [0.5, 0.6) is 0 Å². The Morgan fingerprint density at radius 2 is 1.68 bits per heavy atom. The van der Waals surface area contributed by atoms with Crippen LogP contribution in [0.15, 0.2) is 70.6 Å². The number of hydrogen-bond acceptors (Lipinski definition) is 6. The molecule has 126 valence electrons. The number of aromatic amines is 1. The predicted molar refractivity (Wildman–Crippen MR) is 97.0 cm³/mol. The molecular formula is C17H15N5O2S. The molecule has 1 aromatic heterocycles. The second-order valence-corrected chi connectivity index (χ2v) is 5.97. The van der Waals surface area contributed by atoms with Crippen LogP contribution in [-0.2, 0) is 4.79 Å². The molecule has 0 spiro atoms. The number of nitrogens with zero attached hydrogens (tertiary/aromatic N) is 2. The first-order valence-corrected chi connectivity index (χ1v) is 8.46. The van der Waals surface area contributed by atoms with Crippen molar-refractivity contribution in [2.24, 2.45) is 0 Å². The second kappa shape index (κ2) is 8.11. The zero-order valence-electron chi connectivity index (χ0n) is 13.1. The Labute approximate surface area is 147 Å². The zero-order valence-corrected chi connectivity index (χ0v) is 13.9. The van der Waals surface area contributed by atoms with E-state index < -0.39 is 0 Å². The van der Waals surface area contributed by atoms with E-state index in [-0.39, 0.29) is 22.9 Å². The SMILES string of the molecule is O=C(CSc1nnc(-c2ccccc2)c(=O)[nH]1)NNc1ccccc1. The minimum atomic E-state index is -0.341. The average Bonchev–Trinajstić information content (AvgIpc) is 2.66. The van der Waals surface area contributed by atoms with E-state index in [0.29, 0.717) is 10.7 Å². The van der Waals surface area contributed by atoms with E-state index in [9.17, 15) is 9.59 Å². The third-order valence-corrected chi connectivity index (χ3v) is 4.05. The Kier molecular flexibility index (Phi) is 5.43. The van der Waals surface area contributed by atoms with E-state index in [1.165, 1.54) is 0 Å². The summed E-state index contributed by atoms with van der Waals surface area (Å²) in [6.07, 6.45) is 0. The lowest BCUT2D eigenvalue weighted by Gasteiger charge is -2.07. The van der Waals surface area contributed by atoms with Crippen molar-refractivity contribution in [1.29, 1.82) is 0 Å². The number of aromatic nitrogens is 3. The van der Waals surface area contributed by atoms with Gasteiger partial charge in [-0.25, -0.2) is 0 Å². The molecule has 1 amide bonds. The average molecular weight is 353 g/mol. The molecule has 0 bridgehead atoms. The summed E-state index contributed by atoms with van der Waals surface area (Å²) >= 11 is 1.10. The number of para-hydroxylation sites is 1. The molecule has 0 fully saturated rings. The molecule has 0 aliphatic rings. The van der Waals surface area contributed by atoms with Gasteiger partial charge < -0.3 is 0 Å². The number of rotatable bonds is 6. The molecular weight excluding hydrogens is 338 g/mol. The maximum atomic E-state index is 12.1. The maximum Gasteiger partial charge on any atom is 0.278 e. The summed E-state index contributed by atoms with van der Waals surface area (Å²) in [7, 11) is 0. The van der Waals surface area contributed by atoms with Gasteiger partial charge >= 0.3 is 0 Å². The summed E-state index contributed by atoms with van der Waals surface area (Å²) < 4.78 is 0. The van der Waals surface area contributed by atoms with Gasteiger partial charge in [-0.2, -0.15) is 0 Å². The highest BCUT2D eigenvalue weighted by Crippen LogP contribution is 2.13. The normalized spacial score (nSPS) is 10.2. The van der Waals surface area contributed by atoms with E-state index in [1.54, 1.807) is 12.1 Å². The molecule has 7 nitrogen and oxygen atoms in total. The predicted octanol–water partition coefficient (Wildman–Crippen LogP) is 2.07. The van der Waals surface area contributed by atoms with Gasteiger partial charge in [0.05, 0.1) is 11.4 Å². The number of nitrogens with one attached hydrogen (secondary N) is 3. The first-order chi connectivity index (χ1) is 12.2. The van der Waals surface area contributed by atoms with Gasteiger partial charge in [0.15, 0.2) is 10.9 Å². The Balaban J connectivity index is 1.56. The van der Waals surface area contributed by atoms with Crippen LogP contribution >= 0.6 is 11.8 Å². The van der Waals surface area contributed by atoms with E-state index in [2.05, 4.69) is 26.0 Å². The molecule has 0 unspecified atom stereocenters. The van der Waals surface area contributed by atoms with Crippen molar-refractivity contribution >= 4 is 23.4 Å². The van der Waals surface area contributed by atoms with Crippen LogP contribution in [0.4, 0.5) is 5.69 Å². The van der Waals surface area contributed by atoms with Crippen LogP contribution in [0.25, 0.3) is 11.3 Å². The number of carbonyl (C=O) groups is 1. The summed E-state index contributed by atoms with van der Waals surface area (Å²) in [5.41, 5.74) is 6.75. The number of thioether (sulfide) groups is 1. The summed E-state index contributed by atoms with van der Waals surface area (Å²) in [6.45, 7) is 0. The molecule has 3 aromatic rings. The van der Waals surface area contributed by atoms with Crippen LogP contribution < -0.4 is 16.4 Å². The van der Waals surface area contributed by atoms with Gasteiger partial charge in [-0.3, -0.25) is 25.4 Å². The molecule has 0 aliphatic heterocycles. The highest BCUT2D eigenvalue weighted by Gasteiger charge is 2.09. The molecule has 0 radical (unpaired) electrons. The molecule has 3 rings (SSSR count). The molecule has 3 N–H and O–H groups in total. The van der Waals surface area contributed by atoms with Gasteiger partial charge in [0, 0.05) is 5.56 Å². The van der Waals surface area contributed by atoms with Crippen molar-refractivity contribution in [2.45, 2.75) is 5.16 Å². The summed E-state index contributed by atoms with van der Waals surface area (Å²) in [4.78, 5) is 26.6. The van der Waals surface area contributed by atoms with E-state index in [0.717, 1.165) is 17.4 Å². The van der Waals surface area contributed by atoms with Crippen molar-refractivity contribution in [2.75, 3.05) is 11.2 Å². The largest absolute Gasteiger partial charge is 0.299 e. The molecule has 8 heteroatoms. The number of hydrazine groups is 1. The van der Waals surface area contributed by atoms with Gasteiger partial charge in [0.25, 0.3) is 5.56 Å². The summed E-state index contributed by atoms with van der Waals surface area (Å²) in [5.74, 6) is -0.154. The van der Waals surface area contributed by atoms with Crippen molar-refractivity contribution in [3.05, 3.63) is 71.0 Å². The van der Waals surface area contributed by atoms with Crippen LogP contribution in [0.1, 0.15) is 0 Å². The Morgan fingerprint density at radius 3 is 2.36 bits per heavy atom. The Bertz CT molecular complexity index is 900. The number of amides is 1. The fourth-order valence-corrected chi connectivity index (χ4v) is 2.61. The quantitative estimate of drug-likeness (QED) is 0.463. The number of anilines is 1. The van der Waals surface area contributed by atoms with Crippen LogP contribution in [0, 0.1) is 0 Å². The van der Waals surface area contributed by atoms with Crippen LogP contribution in [-0.4, -0.2) is 26.8 Å². The third kappa shape index (κ3) is 4.67. The number of benzene rings is 2. The van der Waals surface area contributed by atoms with Gasteiger partial charge in [-0.1, -0.05) is 60.3 Å². The zero-order chi connectivity index (χ0) is 17.5. The first kappa shape index (κ1) is 16.7. The van der Waals surface area contributed by atoms with Crippen molar-refractivity contribution in [1.82, 2.24) is 20.6 Å². The van der Waals surface area contributed by atoms with Crippen molar-refractivity contribution in [3.63, 3.8) is 0 Å². The van der Waals surface area contributed by atoms with Gasteiger partial charge in [-0.05, 0) is 12.1 Å². The minimum Gasteiger partial charge on any atom is -0.299 e. The first-order valence-electron chi connectivity index (χ1n) is 7.47. The Hall–Kier alpha value is -3.13. The highest BCUT2D eigenvalue weighted by atomic mass is 32.2. The van der Waals surface area contributed by atoms with Gasteiger partial charge in [0.1, 0.15) is 0 Å². The van der Waals surface area contributed by atoms with Crippen molar-refractivity contribution in [3.8, 4) is 11.3 Å². The summed E-state index contributed by atoms with van der Waals surface area (Å²) in [5, 5.41) is 8.21. The third-order valence-electron chi connectivity index (χ3n) is 3.18. The molecule has 25 heavy (non-hydrogen) atoms. The topological polar surface area (TPSA) is 99.8 Å². The van der Waals surface area contributed by atoms with Crippen LogP contribution in [0.3, 0.4) is 0 Å². The van der Waals surface area contributed by atoms with Gasteiger partial charge in [-0.15, -0.1) is 10.2 Å². The fraction of sp³-hybridized carbons (Fsp3) is 0.0588. The molecule has 0 saturated carbocycles. The molecule has 0 aliphatic carbocycles. The lowest BCUT2D eigenvalue weighted by Crippen LogP contribution is -2.31. The van der Waals surface area contributed by atoms with E-state index >= 15 is 0 Å². The number of H-pyrrole nitrogens is 1. The standard InChI is InChI=1S/C17H15N5O2S/c23-14(20-19-13-9-5-2-6-10-13)11-25-17-18-16(24)15(21-22-17)12-7-3-1-4-8-12/h1-10,19H,11H2,(H,20,23)(H,18,22,24). The lowest BCUT2D eigenvalue weighted by molar-refractivity contribution is -0.118. The van der Waals surface area contributed by atoms with Crippen molar-refractivity contribution < 1.29 is 4.79 Å². The molecule has 1 heterocycles. The lowest BCUT2D eigenvalue weighted by atomic mass is 10.2. The monoisotopic (exact) mass is 353 g/mol. The summed E-state index contributed by atoms with van der Waals surface area (Å²) in [6, 6.07) is 18.3. The second-order valence-electron chi connectivity index (χ2n) is 5.00. The molecule has 2 aromatic carbocycles. The smallest absolute Gasteiger partial charge is 0.278 e. The molecule has 0 atom stereocenters. The Morgan fingerprint density at radius 1 is 1.00 bits per heavy atom. The number of hydrogen-bond donors (Lipinski definition) is 3. The molecule has 0 saturated heterocycles. The van der Waals surface area contributed by atoms with E-state index in [1.807, 2.05) is 48.5 Å². The van der Waals surface area contributed by atoms with Gasteiger partial charge in [0.2, 0.25) is 5.91 Å². The van der Waals surface area contributed by atoms with E-state index in [4.69, 9.17) is 0 Å². The highest BCUT2D eigenvalue weighted by molar-refractivity contribution is 7.99. The minimum absolute atomic E-state index is 0.0924. The van der Waals surface area contributed by atoms with Crippen LogP contribution in [0.2, 0.25) is 0 Å².